The van der Waals surface area contributed by atoms with Crippen LogP contribution in [0.2, 0.25) is 0 Å². The van der Waals surface area contributed by atoms with Gasteiger partial charge in [0.2, 0.25) is 5.95 Å². The van der Waals surface area contributed by atoms with E-state index in [4.69, 9.17) is 9.72 Å². The van der Waals surface area contributed by atoms with Gasteiger partial charge >= 0.3 is 0 Å². The molecular formula is C22H20N4O2S. The molecule has 29 heavy (non-hydrogen) atoms. The lowest BCUT2D eigenvalue weighted by atomic mass is 10.1. The minimum Gasteiger partial charge on any atom is -0.378 e. The fourth-order valence-corrected chi connectivity index (χ4v) is 4.56. The van der Waals surface area contributed by atoms with Crippen LogP contribution in [0.15, 0.2) is 48.7 Å². The molecule has 1 saturated heterocycles. The van der Waals surface area contributed by atoms with E-state index in [2.05, 4.69) is 10.3 Å². The van der Waals surface area contributed by atoms with Crippen molar-refractivity contribution in [3.63, 3.8) is 0 Å². The molecule has 7 heteroatoms. The van der Waals surface area contributed by atoms with Crippen LogP contribution < -0.4 is 5.32 Å². The van der Waals surface area contributed by atoms with E-state index in [-0.39, 0.29) is 5.91 Å². The van der Waals surface area contributed by atoms with Crippen LogP contribution in [0.1, 0.15) is 15.2 Å². The molecule has 1 N–H and O–H groups in total. The van der Waals surface area contributed by atoms with E-state index < -0.39 is 0 Å². The van der Waals surface area contributed by atoms with Crippen molar-refractivity contribution in [3.8, 4) is 0 Å². The van der Waals surface area contributed by atoms with Gasteiger partial charge in [-0.2, -0.15) is 0 Å². The Kier molecular flexibility index (Phi) is 4.61. The Morgan fingerprint density at radius 1 is 1.17 bits per heavy atom. The first-order valence-electron chi connectivity index (χ1n) is 9.58. The zero-order valence-electron chi connectivity index (χ0n) is 16.0. The highest BCUT2D eigenvalue weighted by Gasteiger charge is 2.21. The summed E-state index contributed by atoms with van der Waals surface area (Å²) in [6, 6.07) is 14.0. The Balaban J connectivity index is 1.53. The average Bonchev–Trinajstić information content (AvgIpc) is 3.20. The number of para-hydroxylation sites is 1. The van der Waals surface area contributed by atoms with Crippen LogP contribution in [0, 0.1) is 6.92 Å². The molecule has 5 rings (SSSR count). The Morgan fingerprint density at radius 2 is 2.00 bits per heavy atom. The van der Waals surface area contributed by atoms with E-state index in [1.807, 2.05) is 60.5 Å². The lowest BCUT2D eigenvalue weighted by Crippen LogP contribution is -2.40. The van der Waals surface area contributed by atoms with Crippen molar-refractivity contribution >= 4 is 49.9 Å². The summed E-state index contributed by atoms with van der Waals surface area (Å²) in [4.78, 5) is 24.7. The summed E-state index contributed by atoms with van der Waals surface area (Å²) in [5.74, 6) is 0.613. The first-order valence-corrected chi connectivity index (χ1v) is 10.4. The highest BCUT2D eigenvalue weighted by Crippen LogP contribution is 2.32. The Hall–Kier alpha value is -3.03. The van der Waals surface area contributed by atoms with Crippen molar-refractivity contribution in [2.75, 3.05) is 31.6 Å². The van der Waals surface area contributed by atoms with E-state index in [0.29, 0.717) is 32.3 Å². The van der Waals surface area contributed by atoms with Crippen LogP contribution in [-0.4, -0.2) is 47.1 Å². The molecule has 2 aromatic heterocycles. The van der Waals surface area contributed by atoms with Gasteiger partial charge in [0.1, 0.15) is 0 Å². The summed E-state index contributed by atoms with van der Waals surface area (Å²) in [6.07, 6.45) is 1.82. The number of rotatable bonds is 3. The van der Waals surface area contributed by atoms with Crippen LogP contribution in [0.4, 0.5) is 11.6 Å². The van der Waals surface area contributed by atoms with Crippen LogP contribution in [-0.2, 0) is 4.74 Å². The van der Waals surface area contributed by atoms with Crippen molar-refractivity contribution in [2.45, 2.75) is 6.92 Å². The molecule has 1 amide bonds. The summed E-state index contributed by atoms with van der Waals surface area (Å²) in [5.41, 5.74) is 2.96. The molecule has 0 radical (unpaired) electrons. The fraction of sp³-hybridized carbons (Fsp3) is 0.227. The van der Waals surface area contributed by atoms with Gasteiger partial charge in [-0.1, -0.05) is 18.2 Å². The van der Waals surface area contributed by atoms with Gasteiger partial charge in [-0.3, -0.25) is 4.79 Å². The van der Waals surface area contributed by atoms with Crippen LogP contribution in [0.25, 0.3) is 21.0 Å². The SMILES string of the molecule is Cc1ccccc1Nc1ncc2ccc3sc(C(=O)N4CCOCC4)cc3c2n1. The number of nitrogens with zero attached hydrogens (tertiary/aromatic N) is 3. The van der Waals surface area contributed by atoms with E-state index >= 15 is 0 Å². The predicted octanol–water partition coefficient (Wildman–Crippen LogP) is 4.37. The number of anilines is 2. The molecule has 1 aliphatic rings. The number of morpholine rings is 1. The average molecular weight is 404 g/mol. The number of thiophene rings is 1. The van der Waals surface area contributed by atoms with E-state index in [9.17, 15) is 4.79 Å². The summed E-state index contributed by atoms with van der Waals surface area (Å²) in [6.45, 7) is 4.52. The fourth-order valence-electron chi connectivity index (χ4n) is 3.53. The monoisotopic (exact) mass is 404 g/mol. The minimum atomic E-state index is 0.0648. The lowest BCUT2D eigenvalue weighted by molar-refractivity contribution is 0.0306. The predicted molar refractivity (Wildman–Crippen MR) is 116 cm³/mol. The number of carbonyl (C=O) groups excluding carboxylic acids is 1. The summed E-state index contributed by atoms with van der Waals surface area (Å²) >= 11 is 1.51. The van der Waals surface area contributed by atoms with Crippen LogP contribution in [0.3, 0.4) is 0 Å². The van der Waals surface area contributed by atoms with Gasteiger partial charge in [-0.05, 0) is 36.8 Å². The Bertz CT molecular complexity index is 1210. The first kappa shape index (κ1) is 18.0. The van der Waals surface area contributed by atoms with Gasteiger partial charge in [0.25, 0.3) is 5.91 Å². The number of aromatic nitrogens is 2. The maximum absolute atomic E-state index is 12.9. The van der Waals surface area contributed by atoms with E-state index in [0.717, 1.165) is 37.1 Å². The smallest absolute Gasteiger partial charge is 0.264 e. The number of carbonyl (C=O) groups is 1. The Labute approximate surface area is 172 Å². The Morgan fingerprint density at radius 3 is 2.83 bits per heavy atom. The first-order chi connectivity index (χ1) is 14.2. The van der Waals surface area contributed by atoms with Crippen molar-refractivity contribution in [3.05, 3.63) is 59.1 Å². The standard InChI is InChI=1S/C22H20N4O2S/c1-14-4-2-3-5-17(14)24-22-23-13-15-6-7-18-16(20(15)25-22)12-19(29-18)21(27)26-8-10-28-11-9-26/h2-7,12-13H,8-11H2,1H3,(H,23,24,25). The molecule has 0 saturated carbocycles. The highest BCUT2D eigenvalue weighted by molar-refractivity contribution is 7.21. The third kappa shape index (κ3) is 3.43. The summed E-state index contributed by atoms with van der Waals surface area (Å²) in [7, 11) is 0. The second kappa shape index (κ2) is 7.42. The zero-order chi connectivity index (χ0) is 19.8. The number of hydrogen-bond acceptors (Lipinski definition) is 6. The van der Waals surface area contributed by atoms with Crippen molar-refractivity contribution in [2.24, 2.45) is 0 Å². The van der Waals surface area contributed by atoms with Gasteiger partial charge in [0.05, 0.1) is 23.6 Å². The number of amides is 1. The number of hydrogen-bond donors (Lipinski definition) is 1. The maximum Gasteiger partial charge on any atom is 0.264 e. The molecule has 0 spiro atoms. The molecule has 146 valence electrons. The third-order valence-electron chi connectivity index (χ3n) is 5.15. The molecule has 2 aromatic carbocycles. The van der Waals surface area contributed by atoms with E-state index in [1.54, 1.807) is 0 Å². The van der Waals surface area contributed by atoms with Crippen LogP contribution >= 0.6 is 11.3 Å². The zero-order valence-corrected chi connectivity index (χ0v) is 16.8. The molecule has 3 heterocycles. The van der Waals surface area contributed by atoms with Crippen molar-refractivity contribution in [1.29, 1.82) is 0 Å². The van der Waals surface area contributed by atoms with Gasteiger partial charge in [0, 0.05) is 40.4 Å². The number of benzene rings is 2. The number of nitrogens with one attached hydrogen (secondary N) is 1. The second-order valence-electron chi connectivity index (χ2n) is 7.06. The summed E-state index contributed by atoms with van der Waals surface area (Å²) < 4.78 is 6.41. The topological polar surface area (TPSA) is 67.4 Å². The lowest BCUT2D eigenvalue weighted by Gasteiger charge is -2.26. The molecule has 1 fully saturated rings. The van der Waals surface area contributed by atoms with Gasteiger partial charge in [-0.25, -0.2) is 9.97 Å². The summed E-state index contributed by atoms with van der Waals surface area (Å²) in [5, 5.41) is 5.24. The van der Waals surface area contributed by atoms with E-state index in [1.165, 1.54) is 11.3 Å². The largest absolute Gasteiger partial charge is 0.378 e. The number of ether oxygens (including phenoxy) is 1. The normalized spacial score (nSPS) is 14.4. The van der Waals surface area contributed by atoms with Gasteiger partial charge in [-0.15, -0.1) is 11.3 Å². The van der Waals surface area contributed by atoms with Crippen molar-refractivity contribution in [1.82, 2.24) is 14.9 Å². The number of fused-ring (bicyclic) bond motifs is 3. The minimum absolute atomic E-state index is 0.0648. The second-order valence-corrected chi connectivity index (χ2v) is 8.15. The molecule has 6 nitrogen and oxygen atoms in total. The molecular weight excluding hydrogens is 384 g/mol. The third-order valence-corrected chi connectivity index (χ3v) is 6.24. The number of aryl methyl sites for hydroxylation is 1. The molecule has 0 unspecified atom stereocenters. The highest BCUT2D eigenvalue weighted by atomic mass is 32.1. The van der Waals surface area contributed by atoms with Gasteiger partial charge < -0.3 is 15.0 Å². The molecule has 0 bridgehead atoms. The molecule has 0 aliphatic carbocycles. The quantitative estimate of drug-likeness (QED) is 0.549. The molecule has 1 aliphatic heterocycles. The molecule has 0 atom stereocenters. The van der Waals surface area contributed by atoms with Crippen LogP contribution in [0.5, 0.6) is 0 Å². The van der Waals surface area contributed by atoms with Crippen molar-refractivity contribution < 1.29 is 9.53 Å². The van der Waals surface area contributed by atoms with Gasteiger partial charge in [0.15, 0.2) is 0 Å². The maximum atomic E-state index is 12.9. The molecule has 4 aromatic rings.